The number of amides is 4. The van der Waals surface area contributed by atoms with E-state index in [1.54, 1.807) is 26.0 Å². The highest BCUT2D eigenvalue weighted by molar-refractivity contribution is 5.96. The van der Waals surface area contributed by atoms with E-state index in [0.717, 1.165) is 0 Å². The molecule has 0 fully saturated rings. The number of rotatable bonds is 16. The average molecular weight is 538 g/mol. The first-order valence-corrected chi connectivity index (χ1v) is 11.9. The van der Waals surface area contributed by atoms with Crippen LogP contribution in [-0.2, 0) is 35.2 Å². The van der Waals surface area contributed by atoms with Crippen molar-refractivity contribution in [1.82, 2.24) is 16.0 Å². The molecule has 1 aromatic carbocycles. The van der Waals surface area contributed by atoms with Crippen molar-refractivity contribution < 1.29 is 44.1 Å². The van der Waals surface area contributed by atoms with Crippen LogP contribution in [-0.4, -0.2) is 75.1 Å². The van der Waals surface area contributed by atoms with Gasteiger partial charge in [0.2, 0.25) is 23.6 Å². The van der Waals surface area contributed by atoms with Gasteiger partial charge in [0.25, 0.3) is 0 Å². The van der Waals surface area contributed by atoms with E-state index in [-0.39, 0.29) is 18.6 Å². The first-order chi connectivity index (χ1) is 17.7. The molecule has 1 aromatic rings. The highest BCUT2D eigenvalue weighted by Crippen LogP contribution is 2.12. The number of aliphatic carboxylic acids is 2. The number of carboxylic acid groups (broad SMARTS) is 2. The van der Waals surface area contributed by atoms with Crippen molar-refractivity contribution >= 4 is 35.6 Å². The van der Waals surface area contributed by atoms with E-state index in [0.29, 0.717) is 12.0 Å². The smallest absolute Gasteiger partial charge is 0.326 e. The Kier molecular flexibility index (Phi) is 12.7. The highest BCUT2D eigenvalue weighted by atomic mass is 16.4. The SMILES string of the molecule is CCC(C)C(NC(=O)C(CC(N)=O)NC(=O)C(N)Cc1ccc(O)cc1)C(=O)NC(CCC(=O)O)C(=O)O. The molecule has 38 heavy (non-hydrogen) atoms. The van der Waals surface area contributed by atoms with Gasteiger partial charge in [0, 0.05) is 6.42 Å². The van der Waals surface area contributed by atoms with Crippen molar-refractivity contribution in [2.45, 2.75) is 70.1 Å². The maximum Gasteiger partial charge on any atom is 0.326 e. The minimum absolute atomic E-state index is 0.0291. The Hall–Kier alpha value is -4.20. The first-order valence-electron chi connectivity index (χ1n) is 11.9. The van der Waals surface area contributed by atoms with Crippen LogP contribution in [0.15, 0.2) is 24.3 Å². The number of hydrogen-bond acceptors (Lipinski definition) is 8. The number of phenols is 1. The number of primary amides is 1. The van der Waals surface area contributed by atoms with Crippen molar-refractivity contribution in [2.24, 2.45) is 17.4 Å². The predicted molar refractivity (Wildman–Crippen MR) is 133 cm³/mol. The topological polar surface area (TPSA) is 251 Å². The van der Waals surface area contributed by atoms with Gasteiger partial charge in [0.05, 0.1) is 12.5 Å². The van der Waals surface area contributed by atoms with Gasteiger partial charge in [-0.15, -0.1) is 0 Å². The van der Waals surface area contributed by atoms with Crippen molar-refractivity contribution in [2.75, 3.05) is 0 Å². The summed E-state index contributed by atoms with van der Waals surface area (Å²) in [6.45, 7) is 3.34. The molecule has 10 N–H and O–H groups in total. The minimum atomic E-state index is -1.51. The molecule has 0 bridgehead atoms. The Morgan fingerprint density at radius 1 is 0.895 bits per heavy atom. The molecular formula is C24H35N5O9. The first kappa shape index (κ1) is 31.8. The van der Waals surface area contributed by atoms with Crippen LogP contribution in [0.3, 0.4) is 0 Å². The van der Waals surface area contributed by atoms with Crippen LogP contribution < -0.4 is 27.4 Å². The van der Waals surface area contributed by atoms with Gasteiger partial charge in [0.1, 0.15) is 23.9 Å². The molecule has 0 aromatic heterocycles. The van der Waals surface area contributed by atoms with Gasteiger partial charge in [-0.25, -0.2) is 4.79 Å². The van der Waals surface area contributed by atoms with Crippen LogP contribution in [0.25, 0.3) is 0 Å². The summed E-state index contributed by atoms with van der Waals surface area (Å²) >= 11 is 0. The van der Waals surface area contributed by atoms with E-state index in [4.69, 9.17) is 16.6 Å². The lowest BCUT2D eigenvalue weighted by atomic mass is 9.97. The quantitative estimate of drug-likeness (QED) is 0.122. The summed E-state index contributed by atoms with van der Waals surface area (Å²) in [7, 11) is 0. The van der Waals surface area contributed by atoms with Crippen molar-refractivity contribution in [3.05, 3.63) is 29.8 Å². The molecule has 0 aliphatic rings. The second-order valence-electron chi connectivity index (χ2n) is 8.91. The highest BCUT2D eigenvalue weighted by Gasteiger charge is 2.33. The molecule has 0 saturated heterocycles. The van der Waals surface area contributed by atoms with Crippen LogP contribution in [0.4, 0.5) is 0 Å². The standard InChI is InChI=1S/C24H35N5O9/c1-3-12(2)20(23(36)27-16(24(37)38)8-9-19(32)33)29-22(35)17(11-18(26)31)28-21(34)15(25)10-13-4-6-14(30)7-5-13/h4-7,12,15-17,20,30H,3,8-11,25H2,1-2H3,(H2,26,31)(H,27,36)(H,28,34)(H,29,35)(H,32,33)(H,37,38). The molecule has 0 aliphatic carbocycles. The number of carbonyl (C=O) groups is 6. The second kappa shape index (κ2) is 15.1. The summed E-state index contributed by atoms with van der Waals surface area (Å²) in [5, 5.41) is 34.5. The fourth-order valence-electron chi connectivity index (χ4n) is 3.41. The van der Waals surface area contributed by atoms with Gasteiger partial charge >= 0.3 is 11.9 Å². The molecule has 0 spiro atoms. The number of phenolic OH excluding ortho intramolecular Hbond substituents is 1. The number of carboxylic acids is 2. The van der Waals surface area contributed by atoms with Crippen LogP contribution in [0.2, 0.25) is 0 Å². The summed E-state index contributed by atoms with van der Waals surface area (Å²) in [5.41, 5.74) is 11.8. The largest absolute Gasteiger partial charge is 0.508 e. The molecular weight excluding hydrogens is 502 g/mol. The maximum absolute atomic E-state index is 13.0. The Morgan fingerprint density at radius 3 is 1.97 bits per heavy atom. The monoisotopic (exact) mass is 537 g/mol. The van der Waals surface area contributed by atoms with Crippen molar-refractivity contribution in [3.63, 3.8) is 0 Å². The molecule has 5 atom stereocenters. The number of nitrogens with one attached hydrogen (secondary N) is 3. The molecule has 0 heterocycles. The van der Waals surface area contributed by atoms with Crippen LogP contribution in [0.1, 0.15) is 45.1 Å². The van der Waals surface area contributed by atoms with Gasteiger partial charge < -0.3 is 42.7 Å². The third-order valence-corrected chi connectivity index (χ3v) is 5.82. The van der Waals surface area contributed by atoms with Crippen LogP contribution in [0.5, 0.6) is 5.75 Å². The molecule has 0 saturated carbocycles. The number of nitrogens with two attached hydrogens (primary N) is 2. The Balaban J connectivity index is 3.00. The number of benzene rings is 1. The van der Waals surface area contributed by atoms with E-state index in [1.165, 1.54) is 12.1 Å². The minimum Gasteiger partial charge on any atom is -0.508 e. The van der Waals surface area contributed by atoms with E-state index in [9.17, 15) is 39.0 Å². The summed E-state index contributed by atoms with van der Waals surface area (Å²) in [5.74, 6) is -6.66. The normalized spacial score (nSPS) is 14.7. The van der Waals surface area contributed by atoms with Gasteiger partial charge in [0.15, 0.2) is 0 Å². The number of aromatic hydroxyl groups is 1. The fraction of sp³-hybridized carbons (Fsp3) is 0.500. The summed E-state index contributed by atoms with van der Waals surface area (Å²) in [4.78, 5) is 72.4. The molecule has 0 radical (unpaired) electrons. The Labute approximate surface area is 219 Å². The van der Waals surface area contributed by atoms with E-state index in [1.807, 2.05) is 0 Å². The third-order valence-electron chi connectivity index (χ3n) is 5.82. The summed E-state index contributed by atoms with van der Waals surface area (Å²) in [6.07, 6.45) is -1.04. The number of hydrogen-bond donors (Lipinski definition) is 8. The number of carbonyl (C=O) groups excluding carboxylic acids is 4. The van der Waals surface area contributed by atoms with Crippen molar-refractivity contribution in [3.8, 4) is 5.75 Å². The lowest BCUT2D eigenvalue weighted by Crippen LogP contribution is -2.59. The molecule has 14 nitrogen and oxygen atoms in total. The van der Waals surface area contributed by atoms with E-state index in [2.05, 4.69) is 16.0 Å². The summed E-state index contributed by atoms with van der Waals surface area (Å²) < 4.78 is 0. The fourth-order valence-corrected chi connectivity index (χ4v) is 3.41. The van der Waals surface area contributed by atoms with Gasteiger partial charge in [-0.3, -0.25) is 24.0 Å². The third kappa shape index (κ3) is 10.8. The van der Waals surface area contributed by atoms with Crippen LogP contribution >= 0.6 is 0 Å². The molecule has 1 rings (SSSR count). The van der Waals surface area contributed by atoms with Crippen molar-refractivity contribution in [1.29, 1.82) is 0 Å². The molecule has 0 aliphatic heterocycles. The Morgan fingerprint density at radius 2 is 1.47 bits per heavy atom. The van der Waals surface area contributed by atoms with E-state index >= 15 is 0 Å². The second-order valence-corrected chi connectivity index (χ2v) is 8.91. The van der Waals surface area contributed by atoms with Gasteiger partial charge in [-0.1, -0.05) is 32.4 Å². The zero-order valence-electron chi connectivity index (χ0n) is 21.2. The summed E-state index contributed by atoms with van der Waals surface area (Å²) in [6, 6.07) is 0.575. The van der Waals surface area contributed by atoms with Crippen LogP contribution in [0, 0.1) is 5.92 Å². The zero-order valence-corrected chi connectivity index (χ0v) is 21.2. The predicted octanol–water partition coefficient (Wildman–Crippen LogP) is -1.41. The zero-order chi connectivity index (χ0) is 29.0. The lowest BCUT2D eigenvalue weighted by Gasteiger charge is -2.27. The average Bonchev–Trinajstić information content (AvgIpc) is 2.84. The van der Waals surface area contributed by atoms with E-state index < -0.39 is 78.5 Å². The molecule has 5 unspecified atom stereocenters. The maximum atomic E-state index is 13.0. The molecule has 210 valence electrons. The molecule has 14 heteroatoms. The molecule has 4 amide bonds. The lowest BCUT2D eigenvalue weighted by molar-refractivity contribution is -0.144. The Bertz CT molecular complexity index is 1020. The van der Waals surface area contributed by atoms with Gasteiger partial charge in [-0.2, -0.15) is 0 Å². The van der Waals surface area contributed by atoms with Gasteiger partial charge in [-0.05, 0) is 36.5 Å².